The molecule has 4 unspecified atom stereocenters. The third kappa shape index (κ3) is 3.60. The van der Waals surface area contributed by atoms with Gasteiger partial charge in [0.1, 0.15) is 5.76 Å². The average molecular weight is 235 g/mol. The van der Waals surface area contributed by atoms with Crippen molar-refractivity contribution >= 4 is 0 Å². The van der Waals surface area contributed by atoms with Gasteiger partial charge in [0.05, 0.1) is 6.26 Å². The zero-order chi connectivity index (χ0) is 12.3. The minimum Gasteiger partial charge on any atom is -0.469 e. The summed E-state index contributed by atoms with van der Waals surface area (Å²) in [7, 11) is 0. The van der Waals surface area contributed by atoms with Gasteiger partial charge in [0, 0.05) is 18.5 Å². The molecule has 4 atom stereocenters. The molecule has 1 saturated carbocycles. The molecule has 1 heterocycles. The molecular weight excluding hydrogens is 210 g/mol. The second kappa shape index (κ2) is 5.72. The minimum atomic E-state index is 0.502. The monoisotopic (exact) mass is 235 g/mol. The van der Waals surface area contributed by atoms with Crippen LogP contribution in [0, 0.1) is 11.8 Å². The van der Waals surface area contributed by atoms with Gasteiger partial charge in [0.25, 0.3) is 0 Å². The molecule has 1 aromatic heterocycles. The molecule has 2 heteroatoms. The highest BCUT2D eigenvalue weighted by molar-refractivity contribution is 5.00. The van der Waals surface area contributed by atoms with Crippen molar-refractivity contribution in [1.29, 1.82) is 0 Å². The van der Waals surface area contributed by atoms with Crippen LogP contribution < -0.4 is 5.32 Å². The van der Waals surface area contributed by atoms with Crippen molar-refractivity contribution in [3.05, 3.63) is 24.2 Å². The van der Waals surface area contributed by atoms with Crippen molar-refractivity contribution in [2.45, 2.75) is 58.5 Å². The first-order chi connectivity index (χ1) is 8.15. The van der Waals surface area contributed by atoms with Crippen LogP contribution in [0.5, 0.6) is 0 Å². The lowest BCUT2D eigenvalue weighted by atomic mass is 9.79. The van der Waals surface area contributed by atoms with Gasteiger partial charge in [-0.15, -0.1) is 0 Å². The van der Waals surface area contributed by atoms with E-state index in [0.29, 0.717) is 12.1 Å². The van der Waals surface area contributed by atoms with Crippen LogP contribution in [0.4, 0.5) is 0 Å². The lowest BCUT2D eigenvalue weighted by Gasteiger charge is -2.35. The Hall–Kier alpha value is -0.760. The molecule has 0 aromatic carbocycles. The van der Waals surface area contributed by atoms with Crippen molar-refractivity contribution in [3.63, 3.8) is 0 Å². The fraction of sp³-hybridized carbons (Fsp3) is 0.733. The molecule has 96 valence electrons. The Labute approximate surface area is 105 Å². The quantitative estimate of drug-likeness (QED) is 0.862. The van der Waals surface area contributed by atoms with Crippen LogP contribution in [0.3, 0.4) is 0 Å². The van der Waals surface area contributed by atoms with Gasteiger partial charge in [-0.25, -0.2) is 0 Å². The Balaban J connectivity index is 1.80. The molecule has 1 aromatic rings. The minimum absolute atomic E-state index is 0.502. The highest BCUT2D eigenvalue weighted by Gasteiger charge is 2.26. The van der Waals surface area contributed by atoms with Crippen molar-refractivity contribution in [2.24, 2.45) is 11.8 Å². The van der Waals surface area contributed by atoms with E-state index in [4.69, 9.17) is 4.42 Å². The Morgan fingerprint density at radius 1 is 1.41 bits per heavy atom. The van der Waals surface area contributed by atoms with Crippen molar-refractivity contribution in [3.8, 4) is 0 Å². The molecular formula is C15H25NO. The molecule has 1 fully saturated rings. The Bertz CT molecular complexity index is 320. The molecule has 0 aliphatic heterocycles. The normalized spacial score (nSPS) is 31.4. The van der Waals surface area contributed by atoms with Gasteiger partial charge in [-0.1, -0.05) is 13.8 Å². The van der Waals surface area contributed by atoms with E-state index in [1.807, 2.05) is 6.07 Å². The molecule has 0 amide bonds. The Morgan fingerprint density at radius 3 is 2.88 bits per heavy atom. The van der Waals surface area contributed by atoms with E-state index in [0.717, 1.165) is 24.0 Å². The van der Waals surface area contributed by atoms with Gasteiger partial charge in [0.2, 0.25) is 0 Å². The smallest absolute Gasteiger partial charge is 0.105 e. The summed E-state index contributed by atoms with van der Waals surface area (Å²) in [5.41, 5.74) is 0. The molecule has 1 aliphatic rings. The number of hydrogen-bond donors (Lipinski definition) is 1. The molecule has 0 radical (unpaired) electrons. The van der Waals surface area contributed by atoms with E-state index in [2.05, 4.69) is 32.2 Å². The molecule has 0 bridgehead atoms. The third-order valence-corrected chi connectivity index (χ3v) is 4.02. The van der Waals surface area contributed by atoms with Crippen LogP contribution in [-0.2, 0) is 6.42 Å². The maximum Gasteiger partial charge on any atom is 0.105 e. The lowest BCUT2D eigenvalue weighted by Crippen LogP contribution is -2.44. The maximum absolute atomic E-state index is 5.40. The molecule has 2 rings (SSSR count). The predicted molar refractivity (Wildman–Crippen MR) is 71.0 cm³/mol. The van der Waals surface area contributed by atoms with Gasteiger partial charge >= 0.3 is 0 Å². The Morgan fingerprint density at radius 2 is 2.24 bits per heavy atom. The zero-order valence-electron chi connectivity index (χ0n) is 11.3. The van der Waals surface area contributed by atoms with E-state index in [1.165, 1.54) is 19.3 Å². The SMILES string of the molecule is CC1CCC(NC(C)Cc2ccco2)C(C)C1. The van der Waals surface area contributed by atoms with Crippen molar-refractivity contribution in [1.82, 2.24) is 5.32 Å². The summed E-state index contributed by atoms with van der Waals surface area (Å²) in [6, 6.07) is 5.22. The second-order valence-corrected chi connectivity index (χ2v) is 5.85. The second-order valence-electron chi connectivity index (χ2n) is 5.85. The first-order valence-electron chi connectivity index (χ1n) is 6.93. The fourth-order valence-electron chi connectivity index (χ4n) is 3.07. The van der Waals surface area contributed by atoms with Crippen LogP contribution in [0.15, 0.2) is 22.8 Å². The number of furan rings is 1. The summed E-state index contributed by atoms with van der Waals surface area (Å²) in [5.74, 6) is 2.79. The Kier molecular flexibility index (Phi) is 4.27. The molecule has 2 nitrogen and oxygen atoms in total. The van der Waals surface area contributed by atoms with Crippen LogP contribution >= 0.6 is 0 Å². The topological polar surface area (TPSA) is 25.2 Å². The van der Waals surface area contributed by atoms with Crippen molar-refractivity contribution in [2.75, 3.05) is 0 Å². The first-order valence-corrected chi connectivity index (χ1v) is 6.93. The summed E-state index contributed by atoms with van der Waals surface area (Å²) < 4.78 is 5.40. The van der Waals surface area contributed by atoms with E-state index in [1.54, 1.807) is 6.26 Å². The molecule has 0 saturated heterocycles. The summed E-state index contributed by atoms with van der Waals surface area (Å²) in [5, 5.41) is 3.77. The van der Waals surface area contributed by atoms with Gasteiger partial charge in [0.15, 0.2) is 0 Å². The van der Waals surface area contributed by atoms with Gasteiger partial charge in [-0.2, -0.15) is 0 Å². The van der Waals surface area contributed by atoms with Gasteiger partial charge in [-0.3, -0.25) is 0 Å². The van der Waals surface area contributed by atoms with Gasteiger partial charge in [-0.05, 0) is 50.2 Å². The lowest BCUT2D eigenvalue weighted by molar-refractivity contribution is 0.214. The van der Waals surface area contributed by atoms with Crippen LogP contribution in [0.1, 0.15) is 45.8 Å². The predicted octanol–water partition coefficient (Wildman–Crippen LogP) is 3.62. The summed E-state index contributed by atoms with van der Waals surface area (Å²) in [6.45, 7) is 7.01. The van der Waals surface area contributed by atoms with Crippen LogP contribution in [0.2, 0.25) is 0 Å². The molecule has 0 spiro atoms. The van der Waals surface area contributed by atoms with E-state index >= 15 is 0 Å². The third-order valence-electron chi connectivity index (χ3n) is 4.02. The number of rotatable bonds is 4. The average Bonchev–Trinajstić information content (AvgIpc) is 2.75. The van der Waals surface area contributed by atoms with E-state index in [-0.39, 0.29) is 0 Å². The zero-order valence-corrected chi connectivity index (χ0v) is 11.3. The van der Waals surface area contributed by atoms with E-state index in [9.17, 15) is 0 Å². The summed E-state index contributed by atoms with van der Waals surface area (Å²) in [6.07, 6.45) is 6.81. The van der Waals surface area contributed by atoms with Crippen molar-refractivity contribution < 1.29 is 4.42 Å². The fourth-order valence-corrected chi connectivity index (χ4v) is 3.07. The molecule has 1 aliphatic carbocycles. The molecule has 17 heavy (non-hydrogen) atoms. The first kappa shape index (κ1) is 12.7. The van der Waals surface area contributed by atoms with Crippen LogP contribution in [0.25, 0.3) is 0 Å². The highest BCUT2D eigenvalue weighted by Crippen LogP contribution is 2.28. The molecule has 1 N–H and O–H groups in total. The summed E-state index contributed by atoms with van der Waals surface area (Å²) in [4.78, 5) is 0. The maximum atomic E-state index is 5.40. The van der Waals surface area contributed by atoms with Crippen LogP contribution in [-0.4, -0.2) is 12.1 Å². The van der Waals surface area contributed by atoms with E-state index < -0.39 is 0 Å². The summed E-state index contributed by atoms with van der Waals surface area (Å²) >= 11 is 0. The number of hydrogen-bond acceptors (Lipinski definition) is 2. The number of nitrogens with one attached hydrogen (secondary N) is 1. The largest absolute Gasteiger partial charge is 0.469 e. The van der Waals surface area contributed by atoms with Gasteiger partial charge < -0.3 is 9.73 Å². The highest BCUT2D eigenvalue weighted by atomic mass is 16.3. The standard InChI is InChI=1S/C15H25NO/c1-11-6-7-15(12(2)9-11)16-13(3)10-14-5-4-8-17-14/h4-5,8,11-13,15-16H,6-7,9-10H2,1-3H3.